The van der Waals surface area contributed by atoms with Gasteiger partial charge in [-0.3, -0.25) is 0 Å². The fraction of sp³-hybridized carbons (Fsp3) is 0.0870. The Morgan fingerprint density at radius 3 is 2.00 bits per heavy atom. The molecule has 0 amide bonds. The van der Waals surface area contributed by atoms with Crippen LogP contribution in [-0.4, -0.2) is 0 Å². The van der Waals surface area contributed by atoms with Crippen LogP contribution in [0.2, 0.25) is 0 Å². The molecule has 0 N–H and O–H groups in total. The van der Waals surface area contributed by atoms with E-state index in [0.717, 1.165) is 6.42 Å². The van der Waals surface area contributed by atoms with E-state index < -0.39 is 0 Å². The molecule has 4 aliphatic rings. The molecular weight excluding hydrogens is 585 g/mol. The van der Waals surface area contributed by atoms with Crippen molar-refractivity contribution in [1.82, 2.24) is 0 Å². The highest BCUT2D eigenvalue weighted by Gasteiger charge is 2.27. The molecule has 0 saturated heterocycles. The summed E-state index contributed by atoms with van der Waals surface area (Å²) in [5.74, 6) is 1.20. The molecule has 1 aromatic heterocycles. The number of fused-ring (bicyclic) bond motifs is 7. The number of allylic oxidation sites excluding steroid dienone is 13. The van der Waals surface area contributed by atoms with Gasteiger partial charge in [-0.05, 0) is 84.6 Å². The van der Waals surface area contributed by atoms with Gasteiger partial charge in [-0.2, -0.15) is 0 Å². The predicted octanol–water partition coefficient (Wildman–Crippen LogP) is 12.5. The molecule has 3 unspecified atom stereocenters. The molecule has 10 rings (SSSR count). The Bertz CT molecular complexity index is 2430. The third kappa shape index (κ3) is 4.20. The van der Waals surface area contributed by atoms with Crippen LogP contribution >= 0.6 is 11.3 Å². The van der Waals surface area contributed by atoms with Crippen molar-refractivity contribution in [3.8, 4) is 22.3 Å². The number of hydrogen-bond donors (Lipinski definition) is 0. The van der Waals surface area contributed by atoms with E-state index in [1.807, 2.05) is 11.3 Å². The summed E-state index contributed by atoms with van der Waals surface area (Å²) in [6, 6.07) is 34.5. The zero-order valence-corrected chi connectivity index (χ0v) is 26.8. The van der Waals surface area contributed by atoms with Gasteiger partial charge >= 0.3 is 0 Å². The van der Waals surface area contributed by atoms with Crippen molar-refractivity contribution < 1.29 is 0 Å². The van der Waals surface area contributed by atoms with Crippen LogP contribution in [0, 0.1) is 11.8 Å². The highest BCUT2D eigenvalue weighted by molar-refractivity contribution is 7.20. The molecule has 1 heteroatoms. The summed E-state index contributed by atoms with van der Waals surface area (Å²) in [5.41, 5.74) is 11.0. The first-order valence-electron chi connectivity index (χ1n) is 16.7. The van der Waals surface area contributed by atoms with Crippen LogP contribution in [0.25, 0.3) is 60.0 Å². The number of hydrogen-bond acceptors (Lipinski definition) is 1. The molecule has 0 bridgehead atoms. The van der Waals surface area contributed by atoms with E-state index in [4.69, 9.17) is 0 Å². The summed E-state index contributed by atoms with van der Waals surface area (Å²) >= 11 is 1.94. The van der Waals surface area contributed by atoms with Crippen LogP contribution in [-0.2, 0) is 6.42 Å². The summed E-state index contributed by atoms with van der Waals surface area (Å²) in [7, 11) is 0. The number of rotatable bonds is 3. The van der Waals surface area contributed by atoms with Crippen molar-refractivity contribution in [3.63, 3.8) is 0 Å². The lowest BCUT2D eigenvalue weighted by atomic mass is 9.76. The summed E-state index contributed by atoms with van der Waals surface area (Å²) in [6.45, 7) is 0. The van der Waals surface area contributed by atoms with Crippen LogP contribution < -0.4 is 0 Å². The highest BCUT2D eigenvalue weighted by Crippen LogP contribution is 2.49. The standard InChI is InChI=1S/C46H32S/c1-2-13-33-28-43-41(27-32(33)12-1)46-40(21-10-22-42(46)47-43)45-38-18-7-5-16-36(38)44(37-17-6-8-19-39(37)45)31-25-23-30(24-26-31)35-20-9-14-29-11-3-4-15-34(29)35/h1-26,28,32,34-35H,27H2. The maximum atomic E-state index is 2.43. The van der Waals surface area contributed by atoms with Crippen LogP contribution in [0.4, 0.5) is 0 Å². The summed E-state index contributed by atoms with van der Waals surface area (Å²) < 4.78 is 1.38. The molecule has 3 atom stereocenters. The molecule has 0 aliphatic heterocycles. The molecule has 4 aliphatic carbocycles. The van der Waals surface area contributed by atoms with Gasteiger partial charge in [0.25, 0.3) is 0 Å². The third-order valence-electron chi connectivity index (χ3n) is 10.6. The topological polar surface area (TPSA) is 0 Å². The largest absolute Gasteiger partial charge is 0.136 e. The van der Waals surface area contributed by atoms with Crippen molar-refractivity contribution in [2.45, 2.75) is 12.3 Å². The fourth-order valence-electron chi connectivity index (χ4n) is 8.46. The van der Waals surface area contributed by atoms with Crippen LogP contribution in [0.5, 0.6) is 0 Å². The van der Waals surface area contributed by atoms with E-state index in [2.05, 4.69) is 164 Å². The molecular formula is C46H32S. The van der Waals surface area contributed by atoms with E-state index in [1.165, 1.54) is 81.0 Å². The highest BCUT2D eigenvalue weighted by atomic mass is 32.1. The minimum Gasteiger partial charge on any atom is -0.136 e. The van der Waals surface area contributed by atoms with Crippen LogP contribution in [0.15, 0.2) is 169 Å². The van der Waals surface area contributed by atoms with Gasteiger partial charge in [0.2, 0.25) is 0 Å². The molecule has 0 saturated carbocycles. The second kappa shape index (κ2) is 10.7. The minimum absolute atomic E-state index is 0.351. The Balaban J connectivity index is 1.17. The lowest BCUT2D eigenvalue weighted by Crippen LogP contribution is -2.14. The zero-order chi connectivity index (χ0) is 30.9. The smallest absolute Gasteiger partial charge is 0.0358 e. The van der Waals surface area contributed by atoms with E-state index in [9.17, 15) is 0 Å². The van der Waals surface area contributed by atoms with E-state index in [0.29, 0.717) is 17.8 Å². The Hall–Kier alpha value is -5.24. The minimum atomic E-state index is 0.351. The molecule has 0 spiro atoms. The van der Waals surface area contributed by atoms with Crippen molar-refractivity contribution in [2.24, 2.45) is 11.8 Å². The summed E-state index contributed by atoms with van der Waals surface area (Å²) in [4.78, 5) is 1.42. The maximum absolute atomic E-state index is 2.43. The zero-order valence-electron chi connectivity index (χ0n) is 25.9. The summed E-state index contributed by atoms with van der Waals surface area (Å²) in [5, 5.41) is 6.67. The average Bonchev–Trinajstić information content (AvgIpc) is 3.50. The lowest BCUT2D eigenvalue weighted by molar-refractivity contribution is 0.670. The molecule has 0 radical (unpaired) electrons. The Labute approximate surface area is 279 Å². The normalized spacial score (nSPS) is 20.7. The maximum Gasteiger partial charge on any atom is 0.0358 e. The first-order chi connectivity index (χ1) is 23.3. The molecule has 0 fully saturated rings. The van der Waals surface area contributed by atoms with Gasteiger partial charge in [-0.15, -0.1) is 11.3 Å². The quantitative estimate of drug-likeness (QED) is 0.174. The number of thiophene rings is 1. The Kier molecular flexibility index (Phi) is 6.11. The van der Waals surface area contributed by atoms with Gasteiger partial charge in [0, 0.05) is 32.7 Å². The lowest BCUT2D eigenvalue weighted by Gasteiger charge is -2.28. The Morgan fingerprint density at radius 2 is 1.23 bits per heavy atom. The van der Waals surface area contributed by atoms with Gasteiger partial charge in [0.15, 0.2) is 0 Å². The monoisotopic (exact) mass is 616 g/mol. The van der Waals surface area contributed by atoms with Gasteiger partial charge in [-0.25, -0.2) is 0 Å². The first-order valence-corrected chi connectivity index (χ1v) is 17.5. The van der Waals surface area contributed by atoms with Crippen LogP contribution in [0.3, 0.4) is 0 Å². The molecule has 1 heterocycles. The van der Waals surface area contributed by atoms with E-state index >= 15 is 0 Å². The molecule has 6 aromatic rings. The van der Waals surface area contributed by atoms with E-state index in [-0.39, 0.29) is 0 Å². The number of benzene rings is 5. The molecule has 222 valence electrons. The second-order valence-electron chi connectivity index (χ2n) is 13.1. The van der Waals surface area contributed by atoms with E-state index in [1.54, 1.807) is 0 Å². The van der Waals surface area contributed by atoms with Crippen molar-refractivity contribution >= 4 is 49.0 Å². The Morgan fingerprint density at radius 1 is 0.553 bits per heavy atom. The fourth-order valence-corrected chi connectivity index (χ4v) is 9.69. The SMILES string of the molecule is C1=CC2=Cc3sc4cccc(-c5c6ccccc6c(-c6ccc(C7C=CC=C8C=CC=CC87)cc6)c6ccccc56)c4c3CC2C=C1. The van der Waals surface area contributed by atoms with Gasteiger partial charge in [-0.1, -0.05) is 152 Å². The second-order valence-corrected chi connectivity index (χ2v) is 14.2. The van der Waals surface area contributed by atoms with Gasteiger partial charge < -0.3 is 0 Å². The molecule has 5 aromatic carbocycles. The molecule has 47 heavy (non-hydrogen) atoms. The third-order valence-corrected chi connectivity index (χ3v) is 11.8. The van der Waals surface area contributed by atoms with Gasteiger partial charge in [0.05, 0.1) is 0 Å². The van der Waals surface area contributed by atoms with Crippen molar-refractivity contribution in [3.05, 3.63) is 185 Å². The average molecular weight is 617 g/mol. The van der Waals surface area contributed by atoms with Crippen LogP contribution in [0.1, 0.15) is 21.9 Å². The van der Waals surface area contributed by atoms with Crippen molar-refractivity contribution in [2.75, 3.05) is 0 Å². The van der Waals surface area contributed by atoms with Gasteiger partial charge in [0.1, 0.15) is 0 Å². The predicted molar refractivity (Wildman–Crippen MR) is 203 cm³/mol. The first kappa shape index (κ1) is 26.9. The molecule has 0 nitrogen and oxygen atoms in total. The van der Waals surface area contributed by atoms with Crippen molar-refractivity contribution in [1.29, 1.82) is 0 Å². The summed E-state index contributed by atoms with van der Waals surface area (Å²) in [6.07, 6.45) is 28.3.